The van der Waals surface area contributed by atoms with Crippen LogP contribution in [0, 0.1) is 13.8 Å². The molecule has 1 heterocycles. The molecule has 0 saturated heterocycles. The summed E-state index contributed by atoms with van der Waals surface area (Å²) in [6.07, 6.45) is 0. The molecular weight excluding hydrogens is 376 g/mol. The summed E-state index contributed by atoms with van der Waals surface area (Å²) in [6, 6.07) is 4.51. The Hall–Kier alpha value is -1.18. The predicted molar refractivity (Wildman–Crippen MR) is 85.8 cm³/mol. The number of aromatic carboxylic acids is 1. The van der Waals surface area contributed by atoms with Crippen molar-refractivity contribution in [3.05, 3.63) is 49.6 Å². The summed E-state index contributed by atoms with van der Waals surface area (Å²) < 4.78 is 25.9. The third-order valence-electron chi connectivity index (χ3n) is 3.21. The Balaban J connectivity index is 2.54. The number of thiophene rings is 1. The lowest BCUT2D eigenvalue weighted by molar-refractivity contribution is 0.0696. The number of sulfone groups is 1. The summed E-state index contributed by atoms with van der Waals surface area (Å²) in [5.74, 6) is -1.28. The van der Waals surface area contributed by atoms with Crippen LogP contribution in [0.25, 0.3) is 0 Å². The molecule has 0 bridgehead atoms. The molecule has 0 spiro atoms. The molecule has 112 valence electrons. The van der Waals surface area contributed by atoms with Crippen molar-refractivity contribution in [1.82, 2.24) is 0 Å². The molecule has 4 nitrogen and oxygen atoms in total. The number of halogens is 1. The van der Waals surface area contributed by atoms with Gasteiger partial charge in [0.25, 0.3) is 0 Å². The summed E-state index contributed by atoms with van der Waals surface area (Å²) >= 11 is 4.66. The van der Waals surface area contributed by atoms with Crippen molar-refractivity contribution in [3.63, 3.8) is 0 Å². The molecule has 0 fully saturated rings. The molecule has 1 N–H and O–H groups in total. The van der Waals surface area contributed by atoms with Gasteiger partial charge in [-0.15, -0.1) is 11.3 Å². The first kappa shape index (κ1) is 16.2. The molecule has 1 aromatic heterocycles. The third-order valence-corrected chi connectivity index (χ3v) is 7.09. The lowest BCUT2D eigenvalue weighted by Crippen LogP contribution is -2.09. The van der Waals surface area contributed by atoms with Crippen molar-refractivity contribution in [2.24, 2.45) is 0 Å². The van der Waals surface area contributed by atoms with Gasteiger partial charge >= 0.3 is 5.97 Å². The second kappa shape index (κ2) is 5.90. The van der Waals surface area contributed by atoms with Gasteiger partial charge in [-0.05, 0) is 64.5 Å². The first-order valence-corrected chi connectivity index (χ1v) is 9.34. The summed E-state index contributed by atoms with van der Waals surface area (Å²) in [5, 5.41) is 10.9. The van der Waals surface area contributed by atoms with Crippen molar-refractivity contribution in [3.8, 4) is 0 Å². The molecule has 0 aliphatic heterocycles. The van der Waals surface area contributed by atoms with E-state index in [4.69, 9.17) is 5.11 Å². The maximum atomic E-state index is 12.6. The molecule has 2 rings (SSSR count). The van der Waals surface area contributed by atoms with Gasteiger partial charge < -0.3 is 5.11 Å². The van der Waals surface area contributed by atoms with Crippen LogP contribution >= 0.6 is 27.3 Å². The summed E-state index contributed by atoms with van der Waals surface area (Å²) in [7, 11) is -3.60. The van der Waals surface area contributed by atoms with Gasteiger partial charge in [-0.3, -0.25) is 0 Å². The van der Waals surface area contributed by atoms with E-state index in [9.17, 15) is 13.2 Å². The maximum Gasteiger partial charge on any atom is 0.335 e. The van der Waals surface area contributed by atoms with E-state index < -0.39 is 15.8 Å². The number of benzene rings is 1. The van der Waals surface area contributed by atoms with E-state index >= 15 is 0 Å². The highest BCUT2D eigenvalue weighted by atomic mass is 79.9. The van der Waals surface area contributed by atoms with E-state index in [0.29, 0.717) is 16.0 Å². The zero-order chi connectivity index (χ0) is 15.8. The minimum atomic E-state index is -3.60. The second-order valence-corrected chi connectivity index (χ2v) is 8.49. The molecule has 2 aromatic rings. The second-order valence-electron chi connectivity index (χ2n) is 4.67. The van der Waals surface area contributed by atoms with Gasteiger partial charge in [0, 0.05) is 9.35 Å². The molecular formula is C14H13BrO4S2. The Bertz CT molecular complexity index is 806. The lowest BCUT2D eigenvalue weighted by Gasteiger charge is -2.11. The van der Waals surface area contributed by atoms with Crippen LogP contribution < -0.4 is 0 Å². The van der Waals surface area contributed by atoms with Crippen molar-refractivity contribution in [1.29, 1.82) is 0 Å². The van der Waals surface area contributed by atoms with E-state index in [2.05, 4.69) is 15.9 Å². The quantitative estimate of drug-likeness (QED) is 0.864. The van der Waals surface area contributed by atoms with Crippen LogP contribution in [-0.2, 0) is 15.6 Å². The van der Waals surface area contributed by atoms with Crippen LogP contribution in [-0.4, -0.2) is 19.5 Å². The fourth-order valence-corrected chi connectivity index (χ4v) is 5.74. The fourth-order valence-electron chi connectivity index (χ4n) is 1.95. The molecule has 7 heteroatoms. The van der Waals surface area contributed by atoms with Gasteiger partial charge in [-0.2, -0.15) is 0 Å². The SMILES string of the molecule is Cc1cc(C(=O)O)cc(S(=O)(=O)Cc2sccc2Br)c1C. The smallest absolute Gasteiger partial charge is 0.335 e. The third kappa shape index (κ3) is 3.36. The highest BCUT2D eigenvalue weighted by Crippen LogP contribution is 2.29. The standard InChI is InChI=1S/C14H13BrO4S2/c1-8-5-10(14(16)17)6-13(9(8)2)21(18,19)7-12-11(15)3-4-20-12/h3-6H,7H2,1-2H3,(H,16,17). The first-order valence-electron chi connectivity index (χ1n) is 6.01. The van der Waals surface area contributed by atoms with Crippen LogP contribution in [0.3, 0.4) is 0 Å². The largest absolute Gasteiger partial charge is 0.478 e. The molecule has 0 unspecified atom stereocenters. The van der Waals surface area contributed by atoms with Gasteiger partial charge in [0.1, 0.15) is 0 Å². The van der Waals surface area contributed by atoms with Crippen LogP contribution in [0.4, 0.5) is 0 Å². The number of carbonyl (C=O) groups is 1. The number of hydrogen-bond donors (Lipinski definition) is 1. The van der Waals surface area contributed by atoms with Crippen molar-refractivity contribution in [2.45, 2.75) is 24.5 Å². The fraction of sp³-hybridized carbons (Fsp3) is 0.214. The number of hydrogen-bond acceptors (Lipinski definition) is 4. The summed E-state index contributed by atoms with van der Waals surface area (Å²) in [5.41, 5.74) is 1.23. The van der Waals surface area contributed by atoms with Crippen LogP contribution in [0.5, 0.6) is 0 Å². The van der Waals surface area contributed by atoms with Gasteiger partial charge in [-0.1, -0.05) is 0 Å². The van der Waals surface area contributed by atoms with E-state index in [1.807, 2.05) is 0 Å². The number of rotatable bonds is 4. The molecule has 1 aromatic carbocycles. The molecule has 0 amide bonds. The predicted octanol–water partition coefficient (Wildman–Crippen LogP) is 3.80. The van der Waals surface area contributed by atoms with Gasteiger partial charge in [0.15, 0.2) is 9.84 Å². The monoisotopic (exact) mass is 388 g/mol. The summed E-state index contributed by atoms with van der Waals surface area (Å²) in [6.45, 7) is 3.40. The van der Waals surface area contributed by atoms with Gasteiger partial charge in [0.05, 0.1) is 16.2 Å². The molecule has 0 aliphatic rings. The van der Waals surface area contributed by atoms with Crippen molar-refractivity contribution >= 4 is 43.1 Å². The Morgan fingerprint density at radius 1 is 1.33 bits per heavy atom. The van der Waals surface area contributed by atoms with E-state index in [1.54, 1.807) is 25.3 Å². The van der Waals surface area contributed by atoms with Gasteiger partial charge in [-0.25, -0.2) is 13.2 Å². The van der Waals surface area contributed by atoms with Crippen LogP contribution in [0.2, 0.25) is 0 Å². The number of carboxylic acid groups (broad SMARTS) is 1. The van der Waals surface area contributed by atoms with E-state index in [0.717, 1.165) is 4.47 Å². The average molecular weight is 389 g/mol. The normalized spacial score (nSPS) is 11.6. The minimum absolute atomic E-state index is 0.0121. The Morgan fingerprint density at radius 2 is 2.00 bits per heavy atom. The molecule has 0 aliphatic carbocycles. The van der Waals surface area contributed by atoms with E-state index in [1.165, 1.54) is 23.5 Å². The van der Waals surface area contributed by atoms with E-state index in [-0.39, 0.29) is 16.2 Å². The lowest BCUT2D eigenvalue weighted by atomic mass is 10.1. The average Bonchev–Trinajstić information content (AvgIpc) is 2.77. The zero-order valence-corrected chi connectivity index (χ0v) is 14.6. The number of aryl methyl sites for hydroxylation is 1. The van der Waals surface area contributed by atoms with Crippen molar-refractivity contribution < 1.29 is 18.3 Å². The number of carboxylic acids is 1. The Morgan fingerprint density at radius 3 is 2.52 bits per heavy atom. The molecule has 21 heavy (non-hydrogen) atoms. The van der Waals surface area contributed by atoms with Crippen LogP contribution in [0.1, 0.15) is 26.4 Å². The van der Waals surface area contributed by atoms with Crippen LogP contribution in [0.15, 0.2) is 32.9 Å². The topological polar surface area (TPSA) is 71.4 Å². The Labute approximate surface area is 135 Å². The molecule has 0 radical (unpaired) electrons. The molecule has 0 atom stereocenters. The highest BCUT2D eigenvalue weighted by Gasteiger charge is 2.22. The summed E-state index contributed by atoms with van der Waals surface area (Å²) in [4.78, 5) is 11.9. The zero-order valence-electron chi connectivity index (χ0n) is 11.4. The first-order chi connectivity index (χ1) is 9.72. The maximum absolute atomic E-state index is 12.6. The van der Waals surface area contributed by atoms with Crippen molar-refractivity contribution in [2.75, 3.05) is 0 Å². The minimum Gasteiger partial charge on any atom is -0.478 e. The van der Waals surface area contributed by atoms with Gasteiger partial charge in [0.2, 0.25) is 0 Å². The Kier molecular flexibility index (Phi) is 4.55. The highest BCUT2D eigenvalue weighted by molar-refractivity contribution is 9.10. The molecule has 0 saturated carbocycles.